The number of aromatic nitrogens is 3. The van der Waals surface area contributed by atoms with Crippen molar-refractivity contribution in [2.75, 3.05) is 11.1 Å². The average molecular weight is 382 g/mol. The van der Waals surface area contributed by atoms with Gasteiger partial charge in [0.05, 0.1) is 22.8 Å². The van der Waals surface area contributed by atoms with E-state index in [1.54, 1.807) is 6.92 Å². The van der Waals surface area contributed by atoms with Crippen LogP contribution >= 0.6 is 0 Å². The molecule has 6 heteroatoms. The van der Waals surface area contributed by atoms with Gasteiger partial charge in [0.2, 0.25) is 0 Å². The minimum absolute atomic E-state index is 0.116. The molecule has 0 spiro atoms. The third-order valence-corrected chi connectivity index (χ3v) is 4.87. The van der Waals surface area contributed by atoms with Crippen LogP contribution < -0.4 is 11.1 Å². The summed E-state index contributed by atoms with van der Waals surface area (Å²) < 4.78 is 0. The molecule has 0 saturated carbocycles. The fraction of sp³-hybridized carbons (Fsp3) is 0.130. The van der Waals surface area contributed by atoms with Crippen LogP contribution in [-0.2, 0) is 0 Å². The van der Waals surface area contributed by atoms with E-state index in [-0.39, 0.29) is 6.04 Å². The molecule has 0 amide bonds. The summed E-state index contributed by atoms with van der Waals surface area (Å²) in [6.45, 7) is 3.73. The van der Waals surface area contributed by atoms with Gasteiger partial charge in [-0.15, -0.1) is 0 Å². The lowest BCUT2D eigenvalue weighted by molar-refractivity contribution is 0.869. The molecular formula is C23H22N6. The van der Waals surface area contributed by atoms with Gasteiger partial charge in [-0.25, -0.2) is 15.0 Å². The summed E-state index contributed by atoms with van der Waals surface area (Å²) >= 11 is 0. The van der Waals surface area contributed by atoms with Crippen LogP contribution in [0.5, 0.6) is 0 Å². The Bertz CT molecular complexity index is 1190. The Morgan fingerprint density at radius 1 is 1.03 bits per heavy atom. The van der Waals surface area contributed by atoms with Crippen molar-refractivity contribution >= 4 is 28.3 Å². The van der Waals surface area contributed by atoms with E-state index in [9.17, 15) is 0 Å². The molecule has 6 nitrogen and oxygen atoms in total. The number of benzene rings is 2. The number of rotatable bonds is 5. The average Bonchev–Trinajstić information content (AvgIpc) is 2.73. The van der Waals surface area contributed by atoms with Crippen molar-refractivity contribution in [1.29, 1.82) is 5.41 Å². The third kappa shape index (κ3) is 3.65. The molecule has 0 aliphatic rings. The first kappa shape index (κ1) is 18.6. The van der Waals surface area contributed by atoms with E-state index in [4.69, 9.17) is 16.1 Å². The Morgan fingerprint density at radius 3 is 2.52 bits per heavy atom. The Balaban J connectivity index is 1.83. The van der Waals surface area contributed by atoms with Gasteiger partial charge in [0.15, 0.2) is 0 Å². The summed E-state index contributed by atoms with van der Waals surface area (Å²) in [4.78, 5) is 13.3. The molecule has 0 bridgehead atoms. The van der Waals surface area contributed by atoms with E-state index < -0.39 is 0 Å². The molecular weight excluding hydrogens is 360 g/mol. The highest BCUT2D eigenvalue weighted by Gasteiger charge is 2.18. The number of nitrogen functional groups attached to an aromatic ring is 1. The fourth-order valence-electron chi connectivity index (χ4n) is 3.45. The summed E-state index contributed by atoms with van der Waals surface area (Å²) in [7, 11) is 0. The predicted molar refractivity (Wildman–Crippen MR) is 118 cm³/mol. The van der Waals surface area contributed by atoms with Crippen molar-refractivity contribution in [3.63, 3.8) is 0 Å². The molecule has 0 radical (unpaired) electrons. The molecule has 0 saturated heterocycles. The second-order valence-corrected chi connectivity index (χ2v) is 6.96. The first-order chi connectivity index (χ1) is 14.0. The number of para-hydroxylation sites is 1. The monoisotopic (exact) mass is 382 g/mol. The molecule has 2 heterocycles. The van der Waals surface area contributed by atoms with Crippen LogP contribution in [-0.4, -0.2) is 20.7 Å². The summed E-state index contributed by atoms with van der Waals surface area (Å²) in [5.74, 6) is 0.840. The number of nitrogens with two attached hydrogens (primary N) is 1. The highest BCUT2D eigenvalue weighted by molar-refractivity contribution is 6.04. The van der Waals surface area contributed by atoms with Crippen molar-refractivity contribution in [2.45, 2.75) is 19.9 Å². The minimum atomic E-state index is -0.116. The van der Waals surface area contributed by atoms with Gasteiger partial charge in [-0.1, -0.05) is 48.5 Å². The molecule has 2 aromatic heterocycles. The van der Waals surface area contributed by atoms with Gasteiger partial charge in [0.25, 0.3) is 0 Å². The summed E-state index contributed by atoms with van der Waals surface area (Å²) in [5.41, 5.74) is 10.8. The molecule has 1 unspecified atom stereocenters. The van der Waals surface area contributed by atoms with Crippen LogP contribution in [0.25, 0.3) is 22.2 Å². The lowest BCUT2D eigenvalue weighted by Crippen LogP contribution is -2.15. The normalized spacial score (nSPS) is 11.9. The number of hydrogen-bond acceptors (Lipinski definition) is 6. The van der Waals surface area contributed by atoms with Crippen LogP contribution in [0, 0.1) is 5.41 Å². The molecule has 0 aliphatic carbocycles. The van der Waals surface area contributed by atoms with Gasteiger partial charge in [0, 0.05) is 22.2 Å². The zero-order chi connectivity index (χ0) is 20.4. The van der Waals surface area contributed by atoms with Crippen LogP contribution in [0.4, 0.5) is 11.6 Å². The standard InChI is InChI=1S/C23H22N6/c1-14(24)20-22(25)26-13-27-23(20)28-15(2)18-12-17-10-6-7-11-19(17)29-21(18)16-8-4-3-5-9-16/h3-13,15,24H,1-2H3,(H3,25,26,27,28). The summed E-state index contributed by atoms with van der Waals surface area (Å²) in [5, 5.41) is 12.5. The Morgan fingerprint density at radius 2 is 1.76 bits per heavy atom. The van der Waals surface area contributed by atoms with Crippen molar-refractivity contribution < 1.29 is 0 Å². The second kappa shape index (κ2) is 7.67. The first-order valence-corrected chi connectivity index (χ1v) is 9.42. The molecule has 4 rings (SSSR count). The van der Waals surface area contributed by atoms with Gasteiger partial charge in [-0.2, -0.15) is 0 Å². The van der Waals surface area contributed by atoms with Gasteiger partial charge < -0.3 is 16.5 Å². The SMILES string of the molecule is CC(=N)c1c(N)ncnc1NC(C)c1cc2ccccc2nc1-c1ccccc1. The van der Waals surface area contributed by atoms with Crippen molar-refractivity contribution in [1.82, 2.24) is 15.0 Å². The van der Waals surface area contributed by atoms with Gasteiger partial charge in [0.1, 0.15) is 18.0 Å². The molecule has 4 aromatic rings. The number of anilines is 2. The number of pyridine rings is 1. The van der Waals surface area contributed by atoms with Crippen molar-refractivity contribution in [3.05, 3.63) is 78.1 Å². The largest absolute Gasteiger partial charge is 0.383 e. The molecule has 29 heavy (non-hydrogen) atoms. The van der Waals surface area contributed by atoms with E-state index in [2.05, 4.69) is 46.5 Å². The van der Waals surface area contributed by atoms with Crippen LogP contribution in [0.3, 0.4) is 0 Å². The van der Waals surface area contributed by atoms with E-state index in [0.717, 1.165) is 27.7 Å². The molecule has 0 aliphatic heterocycles. The smallest absolute Gasteiger partial charge is 0.141 e. The fourth-order valence-corrected chi connectivity index (χ4v) is 3.45. The Labute approximate surface area is 169 Å². The van der Waals surface area contributed by atoms with Crippen molar-refractivity contribution in [2.24, 2.45) is 0 Å². The van der Waals surface area contributed by atoms with E-state index >= 15 is 0 Å². The maximum absolute atomic E-state index is 8.04. The highest BCUT2D eigenvalue weighted by Crippen LogP contribution is 2.32. The zero-order valence-corrected chi connectivity index (χ0v) is 16.3. The van der Waals surface area contributed by atoms with Crippen LogP contribution in [0.2, 0.25) is 0 Å². The van der Waals surface area contributed by atoms with E-state index in [1.165, 1.54) is 6.33 Å². The second-order valence-electron chi connectivity index (χ2n) is 6.96. The number of nitrogens with one attached hydrogen (secondary N) is 2. The number of hydrogen-bond donors (Lipinski definition) is 3. The van der Waals surface area contributed by atoms with Gasteiger partial charge >= 0.3 is 0 Å². The molecule has 2 aromatic carbocycles. The van der Waals surface area contributed by atoms with Crippen LogP contribution in [0.15, 0.2) is 67.0 Å². The maximum atomic E-state index is 8.04. The van der Waals surface area contributed by atoms with Gasteiger partial charge in [-0.3, -0.25) is 0 Å². The zero-order valence-electron chi connectivity index (χ0n) is 16.3. The number of nitrogens with zero attached hydrogens (tertiary/aromatic N) is 3. The lowest BCUT2D eigenvalue weighted by Gasteiger charge is -2.21. The van der Waals surface area contributed by atoms with Gasteiger partial charge in [-0.05, 0) is 26.0 Å². The number of fused-ring (bicyclic) bond motifs is 1. The topological polar surface area (TPSA) is 101 Å². The maximum Gasteiger partial charge on any atom is 0.141 e. The minimum Gasteiger partial charge on any atom is -0.383 e. The third-order valence-electron chi connectivity index (χ3n) is 4.87. The first-order valence-electron chi connectivity index (χ1n) is 9.42. The Hall–Kier alpha value is -3.80. The predicted octanol–water partition coefficient (Wildman–Crippen LogP) is 4.83. The summed E-state index contributed by atoms with van der Waals surface area (Å²) in [6.07, 6.45) is 1.41. The van der Waals surface area contributed by atoms with Crippen LogP contribution in [0.1, 0.15) is 31.0 Å². The molecule has 1 atom stereocenters. The van der Waals surface area contributed by atoms with E-state index in [1.807, 2.05) is 36.4 Å². The Kier molecular flexibility index (Phi) is 4.91. The lowest BCUT2D eigenvalue weighted by atomic mass is 9.98. The van der Waals surface area contributed by atoms with Crippen molar-refractivity contribution in [3.8, 4) is 11.3 Å². The quantitative estimate of drug-likeness (QED) is 0.429. The molecule has 4 N–H and O–H groups in total. The highest BCUT2D eigenvalue weighted by atomic mass is 15.1. The molecule has 144 valence electrons. The van der Waals surface area contributed by atoms with E-state index in [0.29, 0.717) is 22.9 Å². The summed E-state index contributed by atoms with van der Waals surface area (Å²) in [6, 6.07) is 20.3. The molecule has 0 fully saturated rings.